The maximum Gasteiger partial charge on any atom is 0.434 e. The van der Waals surface area contributed by atoms with Crippen LogP contribution in [-0.4, -0.2) is 36.0 Å². The topological polar surface area (TPSA) is 60.4 Å². The van der Waals surface area contributed by atoms with Crippen molar-refractivity contribution >= 4 is 17.5 Å². The molecule has 2 atom stereocenters. The summed E-state index contributed by atoms with van der Waals surface area (Å²) >= 11 is 0. The lowest BCUT2D eigenvalue weighted by Crippen LogP contribution is -2.51. The summed E-state index contributed by atoms with van der Waals surface area (Å²) in [6.45, 7) is 2.66. The molecule has 0 radical (unpaired) electrons. The Bertz CT molecular complexity index is 525. The molecule has 1 saturated carbocycles. The first-order valence-corrected chi connectivity index (χ1v) is 7.64. The Morgan fingerprint density at radius 3 is 2.00 bits per heavy atom. The van der Waals surface area contributed by atoms with Gasteiger partial charge in [0, 0.05) is 12.8 Å². The van der Waals surface area contributed by atoms with E-state index < -0.39 is 47.3 Å². The van der Waals surface area contributed by atoms with Gasteiger partial charge < -0.3 is 9.53 Å². The third kappa shape index (κ3) is 4.52. The van der Waals surface area contributed by atoms with Crippen LogP contribution >= 0.6 is 0 Å². The van der Waals surface area contributed by atoms with E-state index in [4.69, 9.17) is 0 Å². The largest absolute Gasteiger partial charge is 0.442 e. The molecule has 0 aliphatic heterocycles. The summed E-state index contributed by atoms with van der Waals surface area (Å²) in [6.07, 6.45) is -16.6. The van der Waals surface area contributed by atoms with Gasteiger partial charge in [0.25, 0.3) is 6.10 Å². The zero-order valence-corrected chi connectivity index (χ0v) is 13.6. The number of rotatable bonds is 6. The van der Waals surface area contributed by atoms with Crippen LogP contribution in [0.15, 0.2) is 0 Å². The second-order valence-electron chi connectivity index (χ2n) is 6.13. The SMILES string of the molecule is CCC(CC(C)=O)C1(C(=O)OC(C(F)(F)F)C(F)(F)F)CCCC1=O. The summed E-state index contributed by atoms with van der Waals surface area (Å²) < 4.78 is 79.6. The predicted molar refractivity (Wildman–Crippen MR) is 72.4 cm³/mol. The quantitative estimate of drug-likeness (QED) is 0.402. The fourth-order valence-corrected chi connectivity index (χ4v) is 3.25. The van der Waals surface area contributed by atoms with E-state index in [1.165, 1.54) is 6.92 Å². The van der Waals surface area contributed by atoms with Crippen LogP contribution in [0.2, 0.25) is 0 Å². The highest BCUT2D eigenvalue weighted by molar-refractivity contribution is 6.06. The van der Waals surface area contributed by atoms with Crippen molar-refractivity contribution in [2.75, 3.05) is 0 Å². The first-order valence-electron chi connectivity index (χ1n) is 7.64. The lowest BCUT2D eigenvalue weighted by molar-refractivity contribution is -0.315. The highest BCUT2D eigenvalue weighted by Gasteiger charge is 2.63. The third-order valence-corrected chi connectivity index (χ3v) is 4.38. The molecular weight excluding hydrogens is 358 g/mol. The first kappa shape index (κ1) is 21.4. The van der Waals surface area contributed by atoms with Gasteiger partial charge in [-0.3, -0.25) is 9.59 Å². The number of halogens is 6. The molecule has 0 saturated heterocycles. The number of ether oxygens (including phenoxy) is 1. The fraction of sp³-hybridized carbons (Fsp3) is 0.800. The Morgan fingerprint density at radius 2 is 1.68 bits per heavy atom. The van der Waals surface area contributed by atoms with Crippen LogP contribution in [0.25, 0.3) is 0 Å². The van der Waals surface area contributed by atoms with Gasteiger partial charge in [-0.1, -0.05) is 13.3 Å². The van der Waals surface area contributed by atoms with Crippen molar-refractivity contribution in [3.63, 3.8) is 0 Å². The van der Waals surface area contributed by atoms with Crippen molar-refractivity contribution in [3.05, 3.63) is 0 Å². The molecular formula is C15H18F6O4. The van der Waals surface area contributed by atoms with Crippen LogP contribution in [0.4, 0.5) is 26.3 Å². The highest BCUT2D eigenvalue weighted by atomic mass is 19.4. The van der Waals surface area contributed by atoms with Gasteiger partial charge in [0.1, 0.15) is 17.0 Å². The van der Waals surface area contributed by atoms with E-state index in [0.29, 0.717) is 0 Å². The minimum atomic E-state index is -5.86. The van der Waals surface area contributed by atoms with Gasteiger partial charge >= 0.3 is 18.3 Å². The minimum Gasteiger partial charge on any atom is -0.442 e. The summed E-state index contributed by atoms with van der Waals surface area (Å²) in [5.41, 5.74) is -2.14. The Kier molecular flexibility index (Phi) is 6.28. The van der Waals surface area contributed by atoms with Crippen LogP contribution in [-0.2, 0) is 19.1 Å². The molecule has 1 rings (SSSR count). The molecule has 0 amide bonds. The monoisotopic (exact) mass is 376 g/mol. The summed E-state index contributed by atoms with van der Waals surface area (Å²) in [5, 5.41) is 0. The molecule has 0 aromatic heterocycles. The van der Waals surface area contributed by atoms with Crippen molar-refractivity contribution in [2.45, 2.75) is 64.4 Å². The molecule has 25 heavy (non-hydrogen) atoms. The Hall–Kier alpha value is -1.61. The maximum atomic E-state index is 12.6. The van der Waals surface area contributed by atoms with Gasteiger partial charge in [-0.25, -0.2) is 0 Å². The van der Waals surface area contributed by atoms with Crippen molar-refractivity contribution in [1.82, 2.24) is 0 Å². The summed E-state index contributed by atoms with van der Waals surface area (Å²) in [7, 11) is 0. The van der Waals surface area contributed by atoms with Crippen LogP contribution < -0.4 is 0 Å². The molecule has 1 aliphatic rings. The molecule has 0 aromatic rings. The van der Waals surface area contributed by atoms with Crippen LogP contribution in [0.3, 0.4) is 0 Å². The number of carbonyl (C=O) groups is 3. The average Bonchev–Trinajstić information content (AvgIpc) is 2.81. The molecule has 0 spiro atoms. The van der Waals surface area contributed by atoms with Gasteiger partial charge in [0.2, 0.25) is 0 Å². The second kappa shape index (κ2) is 7.33. The van der Waals surface area contributed by atoms with Crippen LogP contribution in [0.1, 0.15) is 46.0 Å². The Labute approximate surface area is 139 Å². The number of Topliss-reactive ketones (excluding diaryl/α,β-unsaturated/α-hetero) is 2. The molecule has 1 fully saturated rings. The first-order chi connectivity index (χ1) is 11.3. The number of alkyl halides is 6. The number of carbonyl (C=O) groups excluding carboxylic acids is 3. The molecule has 1 aliphatic carbocycles. The van der Waals surface area contributed by atoms with Crippen molar-refractivity contribution in [3.8, 4) is 0 Å². The number of ketones is 2. The molecule has 0 heterocycles. The van der Waals surface area contributed by atoms with Gasteiger partial charge in [0.05, 0.1) is 0 Å². The standard InChI is InChI=1S/C15H18F6O4/c1-3-9(7-8(2)22)13(6-4-5-10(13)23)12(24)25-11(14(16,17)18)15(19,20)21/h9,11H,3-7H2,1-2H3. The van der Waals surface area contributed by atoms with Gasteiger partial charge in [-0.05, 0) is 25.7 Å². The molecule has 2 unspecified atom stereocenters. The Balaban J connectivity index is 3.26. The molecule has 0 aromatic carbocycles. The minimum absolute atomic E-state index is 0.0587. The van der Waals surface area contributed by atoms with E-state index in [0.717, 1.165) is 6.92 Å². The van der Waals surface area contributed by atoms with E-state index in [1.807, 2.05) is 0 Å². The lowest BCUT2D eigenvalue weighted by atomic mass is 9.69. The zero-order chi connectivity index (χ0) is 19.6. The number of hydrogen-bond acceptors (Lipinski definition) is 4. The van der Waals surface area contributed by atoms with E-state index in [9.17, 15) is 40.7 Å². The number of hydrogen-bond donors (Lipinski definition) is 0. The number of esters is 1. The molecule has 0 N–H and O–H groups in total. The predicted octanol–water partition coefficient (Wildman–Crippen LogP) is 3.77. The maximum absolute atomic E-state index is 12.6. The molecule has 4 nitrogen and oxygen atoms in total. The van der Waals surface area contributed by atoms with Crippen LogP contribution in [0.5, 0.6) is 0 Å². The van der Waals surface area contributed by atoms with E-state index >= 15 is 0 Å². The van der Waals surface area contributed by atoms with E-state index in [2.05, 4.69) is 4.74 Å². The van der Waals surface area contributed by atoms with Crippen molar-refractivity contribution < 1.29 is 45.5 Å². The highest BCUT2D eigenvalue weighted by Crippen LogP contribution is 2.47. The van der Waals surface area contributed by atoms with E-state index in [-0.39, 0.29) is 32.1 Å². The molecule has 144 valence electrons. The normalized spacial score (nSPS) is 23.0. The second-order valence-corrected chi connectivity index (χ2v) is 6.13. The molecule has 0 bridgehead atoms. The summed E-state index contributed by atoms with van der Waals surface area (Å²) in [4.78, 5) is 35.9. The van der Waals surface area contributed by atoms with Crippen molar-refractivity contribution in [1.29, 1.82) is 0 Å². The van der Waals surface area contributed by atoms with Gasteiger partial charge in [-0.15, -0.1) is 0 Å². The van der Waals surface area contributed by atoms with Crippen LogP contribution in [0, 0.1) is 11.3 Å². The summed E-state index contributed by atoms with van der Waals surface area (Å²) in [6, 6.07) is 0. The van der Waals surface area contributed by atoms with Gasteiger partial charge in [0.15, 0.2) is 0 Å². The van der Waals surface area contributed by atoms with E-state index in [1.54, 1.807) is 0 Å². The smallest absolute Gasteiger partial charge is 0.434 e. The van der Waals surface area contributed by atoms with Gasteiger partial charge in [-0.2, -0.15) is 26.3 Å². The average molecular weight is 376 g/mol. The summed E-state index contributed by atoms with van der Waals surface area (Å²) in [5.74, 6) is -4.08. The zero-order valence-electron chi connectivity index (χ0n) is 13.6. The molecule has 10 heteroatoms. The Morgan fingerprint density at radius 1 is 1.16 bits per heavy atom. The third-order valence-electron chi connectivity index (χ3n) is 4.38. The van der Waals surface area contributed by atoms with Crippen molar-refractivity contribution in [2.24, 2.45) is 11.3 Å². The fourth-order valence-electron chi connectivity index (χ4n) is 3.25. The lowest BCUT2D eigenvalue weighted by Gasteiger charge is -2.35.